The summed E-state index contributed by atoms with van der Waals surface area (Å²) < 4.78 is 13.6. The Morgan fingerprint density at radius 3 is 2.65 bits per heavy atom. The number of aromatic carboxylic acids is 1. The molecule has 0 radical (unpaired) electrons. The van der Waals surface area contributed by atoms with E-state index in [1.165, 1.54) is 30.5 Å². The van der Waals surface area contributed by atoms with Crippen molar-refractivity contribution in [1.82, 2.24) is 4.98 Å². The summed E-state index contributed by atoms with van der Waals surface area (Å²) in [5.74, 6) is -2.65. The molecule has 1 aromatic carbocycles. The molecule has 0 aliphatic rings. The molecule has 0 unspecified atom stereocenters. The molecule has 5 nitrogen and oxygen atoms in total. The summed E-state index contributed by atoms with van der Waals surface area (Å²) in [7, 11) is 0. The number of halogens is 2. The van der Waals surface area contributed by atoms with Gasteiger partial charge < -0.3 is 10.4 Å². The third-order valence-corrected chi connectivity index (χ3v) is 2.66. The first kappa shape index (κ1) is 14.0. The first-order chi connectivity index (χ1) is 9.47. The minimum absolute atomic E-state index is 0.0178. The molecular formula is C13H8ClFN2O3. The SMILES string of the molecule is O=C(O)c1ccnc(NC(=O)c2ccc(Cl)cc2F)c1. The van der Waals surface area contributed by atoms with Crippen LogP contribution in [-0.2, 0) is 0 Å². The largest absolute Gasteiger partial charge is 0.478 e. The van der Waals surface area contributed by atoms with Crippen LogP contribution in [0.15, 0.2) is 36.5 Å². The minimum Gasteiger partial charge on any atom is -0.478 e. The highest BCUT2D eigenvalue weighted by Crippen LogP contribution is 2.16. The van der Waals surface area contributed by atoms with E-state index in [9.17, 15) is 14.0 Å². The molecule has 0 fully saturated rings. The van der Waals surface area contributed by atoms with Crippen LogP contribution in [0.1, 0.15) is 20.7 Å². The Hall–Kier alpha value is -2.47. The zero-order valence-electron chi connectivity index (χ0n) is 9.93. The molecule has 102 valence electrons. The summed E-state index contributed by atoms with van der Waals surface area (Å²) >= 11 is 5.59. The van der Waals surface area contributed by atoms with Gasteiger partial charge in [0.05, 0.1) is 11.1 Å². The standard InChI is InChI=1S/C13H8ClFN2O3/c14-8-1-2-9(10(15)6-8)12(18)17-11-5-7(13(19)20)3-4-16-11/h1-6H,(H,19,20)(H,16,17,18). The number of pyridine rings is 1. The van der Waals surface area contributed by atoms with Crippen LogP contribution in [-0.4, -0.2) is 22.0 Å². The molecule has 0 aliphatic heterocycles. The molecule has 2 rings (SSSR count). The van der Waals surface area contributed by atoms with Gasteiger partial charge in [-0.15, -0.1) is 0 Å². The highest BCUT2D eigenvalue weighted by molar-refractivity contribution is 6.30. The number of benzene rings is 1. The predicted octanol–water partition coefficient (Wildman–Crippen LogP) is 2.82. The van der Waals surface area contributed by atoms with Gasteiger partial charge in [-0.1, -0.05) is 11.6 Å². The summed E-state index contributed by atoms with van der Waals surface area (Å²) in [5, 5.41) is 11.3. The molecule has 7 heteroatoms. The Labute approximate surface area is 118 Å². The second-order valence-corrected chi connectivity index (χ2v) is 4.25. The summed E-state index contributed by atoms with van der Waals surface area (Å²) in [6.45, 7) is 0. The van der Waals surface area contributed by atoms with Gasteiger partial charge in [0.2, 0.25) is 0 Å². The molecule has 1 aromatic heterocycles. The van der Waals surface area contributed by atoms with Gasteiger partial charge in [0, 0.05) is 11.2 Å². The monoisotopic (exact) mass is 294 g/mol. The Kier molecular flexibility index (Phi) is 3.95. The van der Waals surface area contributed by atoms with Crippen molar-refractivity contribution in [2.45, 2.75) is 0 Å². The quantitative estimate of drug-likeness (QED) is 0.912. The maximum atomic E-state index is 13.6. The average molecular weight is 295 g/mol. The van der Waals surface area contributed by atoms with Crippen LogP contribution in [0.25, 0.3) is 0 Å². The number of carboxylic acid groups (broad SMARTS) is 1. The number of aromatic nitrogens is 1. The number of carbonyl (C=O) groups excluding carboxylic acids is 1. The molecule has 0 spiro atoms. The molecule has 0 saturated carbocycles. The Bertz CT molecular complexity index is 691. The maximum Gasteiger partial charge on any atom is 0.335 e. The van der Waals surface area contributed by atoms with Crippen molar-refractivity contribution in [3.05, 3.63) is 58.5 Å². The van der Waals surface area contributed by atoms with E-state index in [0.717, 1.165) is 6.07 Å². The fraction of sp³-hybridized carbons (Fsp3) is 0. The van der Waals surface area contributed by atoms with Crippen LogP contribution < -0.4 is 5.32 Å². The first-order valence-electron chi connectivity index (χ1n) is 5.43. The van der Waals surface area contributed by atoms with E-state index in [2.05, 4.69) is 10.3 Å². The van der Waals surface area contributed by atoms with Crippen molar-refractivity contribution in [3.8, 4) is 0 Å². The van der Waals surface area contributed by atoms with Gasteiger partial charge in [0.15, 0.2) is 0 Å². The molecule has 0 aliphatic carbocycles. The van der Waals surface area contributed by atoms with Crippen LogP contribution in [0.3, 0.4) is 0 Å². The van der Waals surface area contributed by atoms with Gasteiger partial charge in [-0.05, 0) is 30.3 Å². The number of hydrogen-bond acceptors (Lipinski definition) is 3. The van der Waals surface area contributed by atoms with Crippen molar-refractivity contribution in [2.24, 2.45) is 0 Å². The number of hydrogen-bond donors (Lipinski definition) is 2. The van der Waals surface area contributed by atoms with E-state index in [1.54, 1.807) is 0 Å². The first-order valence-corrected chi connectivity index (χ1v) is 5.81. The molecular weight excluding hydrogens is 287 g/mol. The van der Waals surface area contributed by atoms with Crippen LogP contribution >= 0.6 is 11.6 Å². The number of nitrogens with one attached hydrogen (secondary N) is 1. The third-order valence-electron chi connectivity index (χ3n) is 2.42. The van der Waals surface area contributed by atoms with Crippen LogP contribution in [0.4, 0.5) is 10.2 Å². The lowest BCUT2D eigenvalue weighted by Gasteiger charge is -2.06. The number of carboxylic acids is 1. The molecule has 1 heterocycles. The zero-order valence-corrected chi connectivity index (χ0v) is 10.7. The summed E-state index contributed by atoms with van der Waals surface area (Å²) in [6.07, 6.45) is 1.23. The topological polar surface area (TPSA) is 79.3 Å². The van der Waals surface area contributed by atoms with Gasteiger partial charge in [0.25, 0.3) is 5.91 Å². The Balaban J connectivity index is 2.23. The van der Waals surface area contributed by atoms with E-state index in [0.29, 0.717) is 0 Å². The molecule has 20 heavy (non-hydrogen) atoms. The van der Waals surface area contributed by atoms with E-state index in [-0.39, 0.29) is 22.0 Å². The van der Waals surface area contributed by atoms with Gasteiger partial charge in [0.1, 0.15) is 11.6 Å². The van der Waals surface area contributed by atoms with Crippen LogP contribution in [0, 0.1) is 5.82 Å². The zero-order chi connectivity index (χ0) is 14.7. The number of amides is 1. The van der Waals surface area contributed by atoms with E-state index >= 15 is 0 Å². The van der Waals surface area contributed by atoms with E-state index < -0.39 is 17.7 Å². The number of carbonyl (C=O) groups is 2. The lowest BCUT2D eigenvalue weighted by Crippen LogP contribution is -2.15. The number of nitrogens with zero attached hydrogens (tertiary/aromatic N) is 1. The highest BCUT2D eigenvalue weighted by atomic mass is 35.5. The third kappa shape index (κ3) is 3.10. The van der Waals surface area contributed by atoms with E-state index in [4.69, 9.17) is 16.7 Å². The summed E-state index contributed by atoms with van der Waals surface area (Å²) in [6, 6.07) is 6.07. The lowest BCUT2D eigenvalue weighted by molar-refractivity contribution is 0.0696. The fourth-order valence-corrected chi connectivity index (χ4v) is 1.65. The number of rotatable bonds is 3. The van der Waals surface area contributed by atoms with Gasteiger partial charge in [-0.3, -0.25) is 4.79 Å². The molecule has 2 aromatic rings. The van der Waals surface area contributed by atoms with Crippen molar-refractivity contribution in [2.75, 3.05) is 5.32 Å². The van der Waals surface area contributed by atoms with Crippen molar-refractivity contribution in [1.29, 1.82) is 0 Å². The van der Waals surface area contributed by atoms with Crippen molar-refractivity contribution in [3.63, 3.8) is 0 Å². The summed E-state index contributed by atoms with van der Waals surface area (Å²) in [4.78, 5) is 26.4. The smallest absolute Gasteiger partial charge is 0.335 e. The van der Waals surface area contributed by atoms with E-state index in [1.807, 2.05) is 0 Å². The lowest BCUT2D eigenvalue weighted by atomic mass is 10.2. The number of anilines is 1. The van der Waals surface area contributed by atoms with Gasteiger partial charge in [-0.2, -0.15) is 0 Å². The molecule has 0 saturated heterocycles. The molecule has 2 N–H and O–H groups in total. The molecule has 1 amide bonds. The van der Waals surface area contributed by atoms with Gasteiger partial charge >= 0.3 is 5.97 Å². The average Bonchev–Trinajstić information content (AvgIpc) is 2.38. The Morgan fingerprint density at radius 1 is 1.25 bits per heavy atom. The Morgan fingerprint density at radius 2 is 2.00 bits per heavy atom. The normalized spacial score (nSPS) is 10.1. The molecule has 0 atom stereocenters. The van der Waals surface area contributed by atoms with Crippen molar-refractivity contribution < 1.29 is 19.1 Å². The van der Waals surface area contributed by atoms with Crippen LogP contribution in [0.5, 0.6) is 0 Å². The predicted molar refractivity (Wildman–Crippen MR) is 70.6 cm³/mol. The molecule has 0 bridgehead atoms. The second kappa shape index (κ2) is 5.66. The van der Waals surface area contributed by atoms with Crippen LogP contribution in [0.2, 0.25) is 5.02 Å². The highest BCUT2D eigenvalue weighted by Gasteiger charge is 2.13. The van der Waals surface area contributed by atoms with Gasteiger partial charge in [-0.25, -0.2) is 14.2 Å². The second-order valence-electron chi connectivity index (χ2n) is 3.81. The fourth-order valence-electron chi connectivity index (χ4n) is 1.49. The summed E-state index contributed by atoms with van der Waals surface area (Å²) in [5.41, 5.74) is -0.246. The van der Waals surface area contributed by atoms with Crippen molar-refractivity contribution >= 4 is 29.3 Å². The minimum atomic E-state index is -1.15. The maximum absolute atomic E-state index is 13.6.